The average Bonchev–Trinajstić information content (AvgIpc) is 3.06. The zero-order valence-electron chi connectivity index (χ0n) is 11.3. The van der Waals surface area contributed by atoms with Crippen molar-refractivity contribution in [3.05, 3.63) is 23.5 Å². The quantitative estimate of drug-likeness (QED) is 0.604. The minimum atomic E-state index is -4.06. The largest absolute Gasteiger partial charge is 0.235 e. The van der Waals surface area contributed by atoms with E-state index >= 15 is 0 Å². The van der Waals surface area contributed by atoms with Crippen LogP contribution < -0.4 is 0 Å². The molecule has 0 aliphatic heterocycles. The zero-order chi connectivity index (χ0) is 16.1. The summed E-state index contributed by atoms with van der Waals surface area (Å²) in [5, 5.41) is 0. The highest BCUT2D eigenvalue weighted by molar-refractivity contribution is 7.93. The van der Waals surface area contributed by atoms with Gasteiger partial charge in [-0.1, -0.05) is 0 Å². The Morgan fingerprint density at radius 3 is 2.10 bits per heavy atom. The smallest absolute Gasteiger partial charge is 0.224 e. The molecule has 2 rings (SSSR count). The molecule has 1 saturated carbocycles. The van der Waals surface area contributed by atoms with Gasteiger partial charge in [0.1, 0.15) is 10.7 Å². The molecule has 0 saturated heterocycles. The molecule has 0 unspecified atom stereocenters. The van der Waals surface area contributed by atoms with Gasteiger partial charge in [-0.2, -0.15) is 4.99 Å². The fourth-order valence-electron chi connectivity index (χ4n) is 2.14. The van der Waals surface area contributed by atoms with E-state index in [1.54, 1.807) is 0 Å². The van der Waals surface area contributed by atoms with Gasteiger partial charge in [-0.15, -0.1) is 0 Å². The minimum Gasteiger partial charge on any atom is -0.224 e. The molecule has 0 amide bonds. The Morgan fingerprint density at radius 2 is 1.71 bits per heavy atom. The summed E-state index contributed by atoms with van der Waals surface area (Å²) in [6.45, 7) is 0. The monoisotopic (exact) mass is 333 g/mol. The van der Waals surface area contributed by atoms with E-state index in [0.29, 0.717) is 12.8 Å². The Bertz CT molecular complexity index is 863. The molecule has 1 aromatic rings. The Kier molecular flexibility index (Phi) is 3.56. The van der Waals surface area contributed by atoms with E-state index in [4.69, 9.17) is 0 Å². The summed E-state index contributed by atoms with van der Waals surface area (Å²) in [5.74, 6) is -1.16. The molecule has 1 aliphatic rings. The first kappa shape index (κ1) is 15.8. The molecular weight excluding hydrogens is 321 g/mol. The van der Waals surface area contributed by atoms with Crippen LogP contribution in [0.3, 0.4) is 0 Å². The maximum atomic E-state index is 14.2. The van der Waals surface area contributed by atoms with Crippen molar-refractivity contribution in [1.29, 1.82) is 0 Å². The van der Waals surface area contributed by atoms with Crippen LogP contribution in [0, 0.1) is 5.82 Å². The van der Waals surface area contributed by atoms with Gasteiger partial charge in [-0.05, 0) is 30.5 Å². The Hall–Kier alpha value is -1.57. The standard InChI is InChI=1S/C12H12FNO5S2/c1-20(16,17)10-6-8(12(3-4-12)14-7-15)5-9(13)11(10)21(2,18)19/h5-6H,3-4H2,1-2H3. The number of hydrogen-bond acceptors (Lipinski definition) is 6. The Labute approximate surface area is 121 Å². The normalized spacial score (nSPS) is 17.1. The van der Waals surface area contributed by atoms with Crippen LogP contribution in [0.4, 0.5) is 4.39 Å². The first-order chi connectivity index (χ1) is 9.51. The number of rotatable bonds is 4. The lowest BCUT2D eigenvalue weighted by molar-refractivity contribution is 0.544. The van der Waals surface area contributed by atoms with Gasteiger partial charge < -0.3 is 0 Å². The molecule has 0 aromatic heterocycles. The van der Waals surface area contributed by atoms with Crippen molar-refractivity contribution in [2.45, 2.75) is 28.2 Å². The predicted molar refractivity (Wildman–Crippen MR) is 71.7 cm³/mol. The first-order valence-electron chi connectivity index (χ1n) is 5.84. The van der Waals surface area contributed by atoms with Crippen molar-refractivity contribution < 1.29 is 26.0 Å². The molecule has 21 heavy (non-hydrogen) atoms. The summed E-state index contributed by atoms with van der Waals surface area (Å²) in [4.78, 5) is 12.5. The van der Waals surface area contributed by atoms with Crippen LogP contribution in [0.25, 0.3) is 0 Å². The van der Waals surface area contributed by atoms with Crippen LogP contribution in [-0.2, 0) is 30.0 Å². The predicted octanol–water partition coefficient (Wildman–Crippen LogP) is 0.958. The van der Waals surface area contributed by atoms with E-state index in [2.05, 4.69) is 4.99 Å². The van der Waals surface area contributed by atoms with Gasteiger partial charge in [-0.3, -0.25) is 0 Å². The lowest BCUT2D eigenvalue weighted by Crippen LogP contribution is -2.13. The van der Waals surface area contributed by atoms with Crippen molar-refractivity contribution in [3.8, 4) is 0 Å². The molecule has 1 fully saturated rings. The van der Waals surface area contributed by atoms with E-state index in [9.17, 15) is 26.0 Å². The summed E-state index contributed by atoms with van der Waals surface area (Å²) in [6, 6.07) is 1.99. The number of benzene rings is 1. The van der Waals surface area contributed by atoms with E-state index in [-0.39, 0.29) is 5.56 Å². The molecular formula is C12H12FNO5S2. The van der Waals surface area contributed by atoms with Crippen molar-refractivity contribution in [2.75, 3.05) is 12.5 Å². The van der Waals surface area contributed by atoms with Gasteiger partial charge in [0.15, 0.2) is 19.7 Å². The van der Waals surface area contributed by atoms with E-state index < -0.39 is 40.8 Å². The molecule has 1 aromatic carbocycles. The third-order valence-electron chi connectivity index (χ3n) is 3.30. The second-order valence-electron chi connectivity index (χ2n) is 5.06. The fourth-order valence-corrected chi connectivity index (χ4v) is 4.66. The summed E-state index contributed by atoms with van der Waals surface area (Å²) >= 11 is 0. The number of halogens is 1. The van der Waals surface area contributed by atoms with E-state index in [1.807, 2.05) is 0 Å². The number of sulfone groups is 2. The van der Waals surface area contributed by atoms with Crippen molar-refractivity contribution in [1.82, 2.24) is 0 Å². The second-order valence-corrected chi connectivity index (χ2v) is 9.00. The number of carbonyl (C=O) groups excluding carboxylic acids is 1. The zero-order valence-corrected chi connectivity index (χ0v) is 12.9. The van der Waals surface area contributed by atoms with Crippen molar-refractivity contribution in [3.63, 3.8) is 0 Å². The first-order valence-corrected chi connectivity index (χ1v) is 9.63. The van der Waals surface area contributed by atoms with Gasteiger partial charge in [0.05, 0.1) is 10.4 Å². The lowest BCUT2D eigenvalue weighted by atomic mass is 10.1. The highest BCUT2D eigenvalue weighted by Gasteiger charge is 2.46. The highest BCUT2D eigenvalue weighted by atomic mass is 32.2. The van der Waals surface area contributed by atoms with Gasteiger partial charge in [0.25, 0.3) is 0 Å². The van der Waals surface area contributed by atoms with E-state index in [1.165, 1.54) is 6.08 Å². The van der Waals surface area contributed by atoms with Gasteiger partial charge in [-0.25, -0.2) is 26.0 Å². The molecule has 0 heterocycles. The molecule has 114 valence electrons. The third-order valence-corrected chi connectivity index (χ3v) is 5.71. The summed E-state index contributed by atoms with van der Waals surface area (Å²) < 4.78 is 61.0. The van der Waals surface area contributed by atoms with Crippen LogP contribution in [0.15, 0.2) is 26.9 Å². The van der Waals surface area contributed by atoms with Crippen LogP contribution in [0.5, 0.6) is 0 Å². The van der Waals surface area contributed by atoms with Crippen molar-refractivity contribution in [2.24, 2.45) is 4.99 Å². The van der Waals surface area contributed by atoms with Crippen LogP contribution in [-0.4, -0.2) is 35.4 Å². The van der Waals surface area contributed by atoms with Gasteiger partial charge in [0.2, 0.25) is 6.08 Å². The van der Waals surface area contributed by atoms with Crippen molar-refractivity contribution >= 4 is 25.8 Å². The SMILES string of the molecule is CS(=O)(=O)c1cc(C2(N=C=O)CC2)cc(F)c1S(C)(=O)=O. The number of hydrogen-bond donors (Lipinski definition) is 0. The van der Waals surface area contributed by atoms with E-state index in [0.717, 1.165) is 24.6 Å². The highest BCUT2D eigenvalue weighted by Crippen LogP contribution is 2.50. The van der Waals surface area contributed by atoms with Gasteiger partial charge in [0, 0.05) is 12.5 Å². The maximum Gasteiger partial charge on any atom is 0.235 e. The van der Waals surface area contributed by atoms with Crippen LogP contribution in [0.2, 0.25) is 0 Å². The third kappa shape index (κ3) is 2.90. The average molecular weight is 333 g/mol. The minimum absolute atomic E-state index is 0.163. The van der Waals surface area contributed by atoms with Crippen LogP contribution in [0.1, 0.15) is 18.4 Å². The van der Waals surface area contributed by atoms with Crippen LogP contribution >= 0.6 is 0 Å². The number of nitrogens with zero attached hydrogens (tertiary/aromatic N) is 1. The second kappa shape index (κ2) is 4.72. The molecule has 9 heteroatoms. The van der Waals surface area contributed by atoms with Gasteiger partial charge >= 0.3 is 0 Å². The lowest BCUT2D eigenvalue weighted by Gasteiger charge is -2.14. The molecule has 1 aliphatic carbocycles. The summed E-state index contributed by atoms with van der Waals surface area (Å²) in [6.07, 6.45) is 3.80. The molecule has 0 radical (unpaired) electrons. The summed E-state index contributed by atoms with van der Waals surface area (Å²) in [7, 11) is -8.03. The summed E-state index contributed by atoms with van der Waals surface area (Å²) in [5.41, 5.74) is -0.825. The molecule has 6 nitrogen and oxygen atoms in total. The molecule has 0 N–H and O–H groups in total. The Morgan fingerprint density at radius 1 is 1.14 bits per heavy atom. The number of aliphatic imine (C=N–C) groups is 1. The molecule has 0 spiro atoms. The maximum absolute atomic E-state index is 14.2. The fraction of sp³-hybridized carbons (Fsp3) is 0.417. The molecule has 0 atom stereocenters. The topological polar surface area (TPSA) is 97.7 Å². The Balaban J connectivity index is 2.83. The molecule has 0 bridgehead atoms. The number of isocyanates is 1.